The molecule has 31 rings (SSSR count). The summed E-state index contributed by atoms with van der Waals surface area (Å²) in [6.45, 7) is 0. The van der Waals surface area contributed by atoms with Crippen LogP contribution in [-0.2, 0) is 5.41 Å². The van der Waals surface area contributed by atoms with E-state index in [0.29, 0.717) is 0 Å². The lowest BCUT2D eigenvalue weighted by molar-refractivity contribution is 0.794. The van der Waals surface area contributed by atoms with E-state index >= 15 is 0 Å². The fourth-order valence-corrected chi connectivity index (χ4v) is 24.6. The minimum absolute atomic E-state index is 0.346. The number of rotatable bonds is 13. The molecule has 0 atom stereocenters. The van der Waals surface area contributed by atoms with Gasteiger partial charge in [0, 0.05) is 82.3 Å². The summed E-state index contributed by atoms with van der Waals surface area (Å²) in [7, 11) is 0. The van der Waals surface area contributed by atoms with Crippen LogP contribution in [0.4, 0.5) is 0 Å². The van der Waals surface area contributed by atoms with Crippen molar-refractivity contribution in [2.24, 2.45) is 0 Å². The van der Waals surface area contributed by atoms with E-state index in [1.54, 1.807) is 0 Å². The van der Waals surface area contributed by atoms with Crippen molar-refractivity contribution in [3.8, 4) is 140 Å². The Balaban J connectivity index is 0.000000106. The van der Waals surface area contributed by atoms with Crippen LogP contribution in [0, 0.1) is 0 Å². The first-order valence-corrected chi connectivity index (χ1v) is 51.8. The van der Waals surface area contributed by atoms with Crippen LogP contribution >= 0.6 is 0 Å². The third kappa shape index (κ3) is 14.4. The quantitative estimate of drug-likeness (QED) is 0.110. The zero-order chi connectivity index (χ0) is 98.9. The highest BCUT2D eigenvalue weighted by molar-refractivity contribution is 6.17. The number of nitrogens with zero attached hydrogens (tertiary/aromatic N) is 5. The zero-order valence-corrected chi connectivity index (χ0v) is 82.1. The third-order valence-corrected chi connectivity index (χ3v) is 31.5. The van der Waals surface area contributed by atoms with Gasteiger partial charge in [0.2, 0.25) is 0 Å². The lowest BCUT2D eigenvalue weighted by Gasteiger charge is -2.30. The summed E-state index contributed by atoms with van der Waals surface area (Å²) >= 11 is 0. The van der Waals surface area contributed by atoms with Crippen molar-refractivity contribution in [2.75, 3.05) is 0 Å². The fraction of sp³-hybridized carbons (Fsp3) is 0.00690. The molecular formula is C145H95N5. The van der Waals surface area contributed by atoms with E-state index in [1.165, 1.54) is 248 Å². The first kappa shape index (κ1) is 86.9. The van der Waals surface area contributed by atoms with E-state index in [1.807, 2.05) is 0 Å². The smallest absolute Gasteiger partial charge is 0.0725 e. The van der Waals surface area contributed by atoms with Gasteiger partial charge in [0.15, 0.2) is 0 Å². The Hall–Kier alpha value is -19.7. The zero-order valence-electron chi connectivity index (χ0n) is 82.1. The van der Waals surface area contributed by atoms with Gasteiger partial charge in [0.25, 0.3) is 0 Å². The van der Waals surface area contributed by atoms with E-state index in [0.717, 1.165) is 22.7 Å². The summed E-state index contributed by atoms with van der Waals surface area (Å²) in [5, 5.41) is 12.6. The molecule has 150 heavy (non-hydrogen) atoms. The summed E-state index contributed by atoms with van der Waals surface area (Å²) in [6, 6.07) is 210. The maximum atomic E-state index is 2.48. The topological polar surface area (TPSA) is 24.6 Å². The molecule has 2 aliphatic rings. The van der Waals surface area contributed by atoms with Crippen molar-refractivity contribution >= 4 is 109 Å². The molecule has 0 bridgehead atoms. The first-order chi connectivity index (χ1) is 74.4. The van der Waals surface area contributed by atoms with Gasteiger partial charge in [-0.15, -0.1) is 0 Å². The van der Waals surface area contributed by atoms with Crippen LogP contribution in [0.15, 0.2) is 576 Å². The third-order valence-electron chi connectivity index (χ3n) is 31.5. The molecular weight excluding hydrogens is 1810 g/mol. The highest BCUT2D eigenvalue weighted by Crippen LogP contribution is 2.63. The van der Waals surface area contributed by atoms with Crippen molar-refractivity contribution in [3.05, 3.63) is 599 Å². The van der Waals surface area contributed by atoms with E-state index in [2.05, 4.69) is 599 Å². The maximum absolute atomic E-state index is 2.48. The van der Waals surface area contributed by atoms with Crippen molar-refractivity contribution in [1.29, 1.82) is 0 Å². The molecule has 5 heteroatoms. The molecule has 0 fully saturated rings. The van der Waals surface area contributed by atoms with Gasteiger partial charge in [-0.2, -0.15) is 0 Å². The van der Waals surface area contributed by atoms with Crippen molar-refractivity contribution in [1.82, 2.24) is 22.8 Å². The van der Waals surface area contributed by atoms with Crippen LogP contribution in [0.5, 0.6) is 0 Å². The summed E-state index contributed by atoms with van der Waals surface area (Å²) in [6.07, 6.45) is 0. The molecule has 2 aliphatic carbocycles. The van der Waals surface area contributed by atoms with Gasteiger partial charge in [-0.25, -0.2) is 0 Å². The second-order valence-corrected chi connectivity index (χ2v) is 39.6. The minimum atomic E-state index is -0.346. The maximum Gasteiger partial charge on any atom is 0.0725 e. The fourth-order valence-electron chi connectivity index (χ4n) is 24.6. The average molecular weight is 1910 g/mol. The van der Waals surface area contributed by atoms with Crippen LogP contribution in [0.2, 0.25) is 0 Å². The highest BCUT2D eigenvalue weighted by atomic mass is 15.0. The van der Waals surface area contributed by atoms with Crippen molar-refractivity contribution < 1.29 is 0 Å². The Morgan fingerprint density at radius 1 is 0.100 bits per heavy atom. The molecule has 5 nitrogen and oxygen atoms in total. The summed E-state index contributed by atoms with van der Waals surface area (Å²) in [5.41, 5.74) is 48.0. The molecule has 29 aromatic rings. The van der Waals surface area contributed by atoms with Gasteiger partial charge in [0.05, 0.1) is 60.6 Å². The predicted molar refractivity (Wildman–Crippen MR) is 631 cm³/mol. The highest BCUT2D eigenvalue weighted by Gasteiger charge is 2.51. The molecule has 5 aromatic heterocycles. The molecule has 0 saturated heterocycles. The van der Waals surface area contributed by atoms with E-state index in [-0.39, 0.29) is 5.41 Å². The minimum Gasteiger partial charge on any atom is -0.309 e. The number of benzene rings is 24. The second kappa shape index (κ2) is 35.9. The second-order valence-electron chi connectivity index (χ2n) is 39.6. The van der Waals surface area contributed by atoms with Crippen LogP contribution in [0.3, 0.4) is 0 Å². The molecule has 0 saturated carbocycles. The lowest BCUT2D eigenvalue weighted by atomic mass is 9.70. The number of hydrogen-bond donors (Lipinski definition) is 0. The number of fused-ring (bicyclic) bond motifs is 25. The van der Waals surface area contributed by atoms with Gasteiger partial charge in [-0.3, -0.25) is 0 Å². The number of para-hydroxylation sites is 5. The Morgan fingerprint density at radius 2 is 0.287 bits per heavy atom. The van der Waals surface area contributed by atoms with Crippen LogP contribution < -0.4 is 0 Å². The monoisotopic (exact) mass is 1910 g/mol. The van der Waals surface area contributed by atoms with Gasteiger partial charge in [0.1, 0.15) is 0 Å². The molecule has 0 N–H and O–H groups in total. The van der Waals surface area contributed by atoms with Gasteiger partial charge < -0.3 is 22.8 Å². The van der Waals surface area contributed by atoms with Gasteiger partial charge >= 0.3 is 0 Å². The largest absolute Gasteiger partial charge is 0.309 e. The normalized spacial score (nSPS) is 12.2. The van der Waals surface area contributed by atoms with Crippen LogP contribution in [0.25, 0.3) is 249 Å². The van der Waals surface area contributed by atoms with E-state index in [4.69, 9.17) is 0 Å². The average Bonchev–Trinajstić information content (AvgIpc) is 1.50. The van der Waals surface area contributed by atoms with Crippen molar-refractivity contribution in [3.63, 3.8) is 0 Å². The van der Waals surface area contributed by atoms with E-state index in [9.17, 15) is 0 Å². The standard InChI is InChI=1S/C49H31N.2C48H32N2/c1-2-12-32(13-3-1)33-22-26-36(27-23-33)50-47-21-11-7-17-41(47)42-30-34(25-29-48(42)50)35-24-28-40-39-16-6-10-20-45(39)49(46(40)31-35)43-18-8-4-14-37(43)38-15-5-9-19-44(38)49;1-3-12-33(13-4-1)35-22-26-39(27-23-35)49-45-20-9-7-18-41(45)43-31-37(24-28-47(43)49)38-25-29-48-44(32-38)42-19-8-10-21-46(42)50(48)40-17-11-16-36(30-40)34-14-5-2-6-15-34;1-3-11-33(12-4-1)35-19-25-39(26-20-35)49-45-17-9-7-15-41(45)43-31-37(23-29-47(43)49)38-24-30-48-44(32-38)42-16-8-10-18-46(42)50(48)40-27-21-36(22-28-40)34-13-5-2-6-14-34/h1-31H;2*1-32H. The van der Waals surface area contributed by atoms with Crippen LogP contribution in [0.1, 0.15) is 22.3 Å². The number of hydrogen-bond acceptors (Lipinski definition) is 0. The summed E-state index contributed by atoms with van der Waals surface area (Å²) in [4.78, 5) is 0. The Kier molecular flexibility index (Phi) is 20.8. The molecule has 24 aromatic carbocycles. The molecule has 5 heterocycles. The van der Waals surface area contributed by atoms with Crippen LogP contribution in [-0.4, -0.2) is 22.8 Å². The van der Waals surface area contributed by atoms with E-state index < -0.39 is 0 Å². The molecule has 0 unspecified atom stereocenters. The summed E-state index contributed by atoms with van der Waals surface area (Å²) in [5.74, 6) is 0. The predicted octanol–water partition coefficient (Wildman–Crippen LogP) is 38.2. The molecule has 1 spiro atoms. The molecule has 0 aliphatic heterocycles. The Bertz CT molecular complexity index is 10100. The Labute approximate surface area is 869 Å². The molecule has 700 valence electrons. The SMILES string of the molecule is c1ccc(-c2ccc(-n3c4ccccc4c4cc(-c5ccc6c(c5)C5(c7ccccc7-c7ccccc75)c5ccccc5-6)ccc43)cc2)cc1.c1ccc(-c2ccc(-n3c4ccccc4c4cc(-c5ccc6c(c5)c5ccccc5n6-c5ccc(-c6ccccc6)cc5)ccc43)cc2)cc1.c1ccc(-c2ccc(-n3c4ccccc4c4cc(-c5ccc6c(c5)c5ccccc5n6-c5cccc(-c6ccccc6)c5)ccc43)cc2)cc1. The van der Waals surface area contributed by atoms with Gasteiger partial charge in [-0.05, 0) is 291 Å². The first-order valence-electron chi connectivity index (χ1n) is 51.8. The van der Waals surface area contributed by atoms with Gasteiger partial charge in [-0.1, -0.05) is 419 Å². The molecule has 0 amide bonds. The Morgan fingerprint density at radius 3 is 0.567 bits per heavy atom. The number of aromatic nitrogens is 5. The van der Waals surface area contributed by atoms with Crippen molar-refractivity contribution in [2.45, 2.75) is 5.41 Å². The summed E-state index contributed by atoms with van der Waals surface area (Å²) < 4.78 is 12.0. The molecule has 0 radical (unpaired) electrons. The lowest BCUT2D eigenvalue weighted by Crippen LogP contribution is -2.25.